The lowest BCUT2D eigenvalue weighted by Gasteiger charge is -2.27. The third kappa shape index (κ3) is 4.00. The number of aryl methyl sites for hydroxylation is 1. The van der Waals surface area contributed by atoms with Crippen molar-refractivity contribution in [2.75, 3.05) is 19.1 Å². The van der Waals surface area contributed by atoms with Crippen LogP contribution in [0.3, 0.4) is 0 Å². The molecule has 0 aliphatic carbocycles. The van der Waals surface area contributed by atoms with Gasteiger partial charge >= 0.3 is 0 Å². The molecule has 9 heteroatoms. The van der Waals surface area contributed by atoms with E-state index in [1.54, 1.807) is 30.6 Å². The van der Waals surface area contributed by atoms with Crippen molar-refractivity contribution in [1.82, 2.24) is 4.98 Å². The molecule has 7 nitrogen and oxygen atoms in total. The van der Waals surface area contributed by atoms with Gasteiger partial charge in [0.1, 0.15) is 10.8 Å². The third-order valence-corrected chi connectivity index (χ3v) is 6.72. The lowest BCUT2D eigenvalue weighted by atomic mass is 9.95. The van der Waals surface area contributed by atoms with Gasteiger partial charge in [-0.25, -0.2) is 0 Å². The topological polar surface area (TPSA) is 89.0 Å². The fourth-order valence-electron chi connectivity index (χ4n) is 4.23. The van der Waals surface area contributed by atoms with Gasteiger partial charge < -0.3 is 14.6 Å². The normalized spacial score (nSPS) is 17.1. The Morgan fingerprint density at radius 3 is 2.31 bits per heavy atom. The van der Waals surface area contributed by atoms with Crippen molar-refractivity contribution in [3.63, 3.8) is 0 Å². The summed E-state index contributed by atoms with van der Waals surface area (Å²) in [4.78, 5) is 32.3. The number of nitrogens with zero attached hydrogens (tertiary/aromatic N) is 2. The molecule has 35 heavy (non-hydrogen) atoms. The van der Waals surface area contributed by atoms with E-state index in [0.29, 0.717) is 11.3 Å². The molecule has 1 saturated heterocycles. The van der Waals surface area contributed by atoms with E-state index in [2.05, 4.69) is 4.98 Å². The molecule has 3 aromatic rings. The number of rotatable bonds is 5. The standard InChI is InChI=1S/C26H22Cl2N2O5/c1-13-6-5-7-18(14(13)2)30-21(15-8-10-29-11-9-15)19(23(32)26(30)33)22(31)16-12-17(27)25(35-4)20(28)24(16)34-3/h5-12,21,31H,1-4H3/b22-19+. The number of carbonyl (C=O) groups excluding carboxylic acids is 2. The first-order chi connectivity index (χ1) is 16.7. The summed E-state index contributed by atoms with van der Waals surface area (Å²) in [5.41, 5.74) is 2.87. The first-order valence-electron chi connectivity index (χ1n) is 10.6. The van der Waals surface area contributed by atoms with E-state index < -0.39 is 23.5 Å². The van der Waals surface area contributed by atoms with Crippen LogP contribution in [0.4, 0.5) is 5.69 Å². The number of anilines is 1. The van der Waals surface area contributed by atoms with Gasteiger partial charge in [-0.2, -0.15) is 0 Å². The largest absolute Gasteiger partial charge is 0.507 e. The van der Waals surface area contributed by atoms with Gasteiger partial charge in [0.25, 0.3) is 11.7 Å². The maximum atomic E-state index is 13.4. The second kappa shape index (κ2) is 9.60. The van der Waals surface area contributed by atoms with Gasteiger partial charge in [0.2, 0.25) is 0 Å². The molecule has 0 spiro atoms. The number of hydrogen-bond acceptors (Lipinski definition) is 6. The Hall–Kier alpha value is -3.55. The minimum Gasteiger partial charge on any atom is -0.507 e. The van der Waals surface area contributed by atoms with Crippen LogP contribution in [0.15, 0.2) is 54.4 Å². The van der Waals surface area contributed by atoms with E-state index in [-0.39, 0.29) is 32.7 Å². The highest BCUT2D eigenvalue weighted by atomic mass is 35.5. The molecule has 180 valence electrons. The number of benzene rings is 2. The number of Topliss-reactive ketones (excluding diaryl/α,β-unsaturated/α-hetero) is 1. The maximum Gasteiger partial charge on any atom is 0.300 e. The molecule has 1 unspecified atom stereocenters. The Kier molecular flexibility index (Phi) is 6.74. The number of pyridine rings is 1. The predicted molar refractivity (Wildman–Crippen MR) is 135 cm³/mol. The van der Waals surface area contributed by atoms with E-state index in [1.165, 1.54) is 25.2 Å². The van der Waals surface area contributed by atoms with Crippen molar-refractivity contribution in [3.8, 4) is 11.5 Å². The fraction of sp³-hybridized carbons (Fsp3) is 0.192. The molecule has 1 aromatic heterocycles. The molecule has 1 aliphatic heterocycles. The molecule has 1 N–H and O–H groups in total. The van der Waals surface area contributed by atoms with Gasteiger partial charge in [0, 0.05) is 18.1 Å². The number of hydrogen-bond donors (Lipinski definition) is 1. The SMILES string of the molecule is COc1c(Cl)cc(/C(O)=C2\C(=O)C(=O)N(c3cccc(C)c3C)C2c2ccncc2)c(OC)c1Cl. The Balaban J connectivity index is 2.04. The van der Waals surface area contributed by atoms with Crippen LogP contribution in [0.1, 0.15) is 28.3 Å². The van der Waals surface area contributed by atoms with Gasteiger partial charge in [-0.3, -0.25) is 19.5 Å². The Bertz CT molecular complexity index is 1370. The van der Waals surface area contributed by atoms with Crippen molar-refractivity contribution in [3.05, 3.63) is 86.7 Å². The number of aromatic nitrogens is 1. The monoisotopic (exact) mass is 512 g/mol. The summed E-state index contributed by atoms with van der Waals surface area (Å²) in [6.45, 7) is 3.79. The lowest BCUT2D eigenvalue weighted by molar-refractivity contribution is -0.132. The van der Waals surface area contributed by atoms with Crippen LogP contribution >= 0.6 is 23.2 Å². The second-order valence-corrected chi connectivity index (χ2v) is 8.74. The van der Waals surface area contributed by atoms with Gasteiger partial charge in [0.15, 0.2) is 11.5 Å². The molecule has 2 aromatic carbocycles. The fourth-order valence-corrected chi connectivity index (χ4v) is 4.92. The van der Waals surface area contributed by atoms with E-state index in [1.807, 2.05) is 26.0 Å². The van der Waals surface area contributed by atoms with Crippen LogP contribution < -0.4 is 14.4 Å². The predicted octanol–water partition coefficient (Wildman–Crippen LogP) is 5.65. The summed E-state index contributed by atoms with van der Waals surface area (Å²) < 4.78 is 10.6. The smallest absolute Gasteiger partial charge is 0.300 e. The Labute approximate surface area is 212 Å². The Morgan fingerprint density at radius 1 is 1.03 bits per heavy atom. The van der Waals surface area contributed by atoms with Gasteiger partial charge in [-0.1, -0.05) is 35.3 Å². The summed E-state index contributed by atoms with van der Waals surface area (Å²) in [7, 11) is 2.76. The van der Waals surface area contributed by atoms with Crippen LogP contribution in [0.2, 0.25) is 10.0 Å². The van der Waals surface area contributed by atoms with Crippen molar-refractivity contribution < 1.29 is 24.2 Å². The quantitative estimate of drug-likeness (QED) is 0.270. The number of amides is 1. The maximum absolute atomic E-state index is 13.4. The highest BCUT2D eigenvalue weighted by Gasteiger charge is 2.47. The average Bonchev–Trinajstić information content (AvgIpc) is 3.11. The van der Waals surface area contributed by atoms with Crippen molar-refractivity contribution in [2.45, 2.75) is 19.9 Å². The van der Waals surface area contributed by atoms with Crippen LogP contribution in [-0.2, 0) is 9.59 Å². The zero-order chi connectivity index (χ0) is 25.4. The number of aliphatic hydroxyl groups is 1. The van der Waals surface area contributed by atoms with Crippen LogP contribution in [0, 0.1) is 13.8 Å². The first kappa shape index (κ1) is 24.6. The Morgan fingerprint density at radius 2 is 1.69 bits per heavy atom. The summed E-state index contributed by atoms with van der Waals surface area (Å²) in [6, 6.07) is 9.33. The lowest BCUT2D eigenvalue weighted by Crippen LogP contribution is -2.30. The van der Waals surface area contributed by atoms with E-state index in [0.717, 1.165) is 11.1 Å². The van der Waals surface area contributed by atoms with Gasteiger partial charge in [-0.05, 0) is 54.8 Å². The van der Waals surface area contributed by atoms with E-state index >= 15 is 0 Å². The molecule has 2 heterocycles. The summed E-state index contributed by atoms with van der Waals surface area (Å²) in [5, 5.41) is 11.6. The van der Waals surface area contributed by atoms with Crippen LogP contribution in [-0.4, -0.2) is 36.0 Å². The molecular formula is C26H22Cl2N2O5. The number of ether oxygens (including phenoxy) is 2. The molecule has 0 radical (unpaired) electrons. The van der Waals surface area contributed by atoms with Crippen LogP contribution in [0.25, 0.3) is 5.76 Å². The molecule has 4 rings (SSSR count). The number of ketones is 1. The highest BCUT2D eigenvalue weighted by molar-refractivity contribution is 6.52. The molecule has 0 bridgehead atoms. The van der Waals surface area contributed by atoms with Crippen molar-refractivity contribution in [1.29, 1.82) is 0 Å². The summed E-state index contributed by atoms with van der Waals surface area (Å²) >= 11 is 12.7. The number of aliphatic hydroxyl groups excluding tert-OH is 1. The van der Waals surface area contributed by atoms with Crippen LogP contribution in [0.5, 0.6) is 11.5 Å². The number of methoxy groups -OCH3 is 2. The van der Waals surface area contributed by atoms with E-state index in [4.69, 9.17) is 32.7 Å². The zero-order valence-electron chi connectivity index (χ0n) is 19.4. The number of halogens is 2. The zero-order valence-corrected chi connectivity index (χ0v) is 20.9. The third-order valence-electron chi connectivity index (χ3n) is 6.10. The molecule has 1 atom stereocenters. The summed E-state index contributed by atoms with van der Waals surface area (Å²) in [6.07, 6.45) is 3.11. The summed E-state index contributed by atoms with van der Waals surface area (Å²) in [5.74, 6) is -1.89. The van der Waals surface area contributed by atoms with E-state index in [9.17, 15) is 14.7 Å². The first-order valence-corrected chi connectivity index (χ1v) is 11.4. The highest BCUT2D eigenvalue weighted by Crippen LogP contribution is 2.48. The van der Waals surface area contributed by atoms with Gasteiger partial charge in [0.05, 0.1) is 36.4 Å². The average molecular weight is 513 g/mol. The number of carbonyl (C=O) groups is 2. The minimum absolute atomic E-state index is 0.0215. The van der Waals surface area contributed by atoms with Crippen molar-refractivity contribution in [2.24, 2.45) is 0 Å². The second-order valence-electron chi connectivity index (χ2n) is 7.96. The van der Waals surface area contributed by atoms with Crippen molar-refractivity contribution >= 4 is 46.3 Å². The molecular weight excluding hydrogens is 491 g/mol. The molecule has 1 fully saturated rings. The molecule has 1 amide bonds. The molecule has 1 aliphatic rings. The minimum atomic E-state index is -0.928. The molecule has 0 saturated carbocycles. The van der Waals surface area contributed by atoms with Gasteiger partial charge in [-0.15, -0.1) is 0 Å².